The Kier molecular flexibility index (Phi) is 8.88. The highest BCUT2D eigenvalue weighted by atomic mass is 127. The molecule has 2 aromatic heterocycles. The maximum absolute atomic E-state index is 5.81. The second-order valence-corrected chi connectivity index (χ2v) is 7.92. The number of aryl methyl sites for hydroxylation is 2. The van der Waals surface area contributed by atoms with Crippen molar-refractivity contribution in [3.8, 4) is 0 Å². The van der Waals surface area contributed by atoms with E-state index in [9.17, 15) is 0 Å². The van der Waals surface area contributed by atoms with Gasteiger partial charge in [-0.05, 0) is 12.0 Å². The molecule has 0 aliphatic heterocycles. The van der Waals surface area contributed by atoms with Gasteiger partial charge in [-0.25, -0.2) is 9.97 Å². The van der Waals surface area contributed by atoms with Crippen molar-refractivity contribution in [1.29, 1.82) is 0 Å². The molecule has 0 amide bonds. The van der Waals surface area contributed by atoms with Crippen LogP contribution in [0.1, 0.15) is 43.8 Å². The summed E-state index contributed by atoms with van der Waals surface area (Å²) in [5.74, 6) is 3.16. The summed E-state index contributed by atoms with van der Waals surface area (Å²) in [6.45, 7) is 8.25. The van der Waals surface area contributed by atoms with Crippen molar-refractivity contribution in [2.75, 3.05) is 7.05 Å². The minimum Gasteiger partial charge on any atom is -0.443 e. The van der Waals surface area contributed by atoms with Crippen LogP contribution in [-0.4, -0.2) is 27.5 Å². The van der Waals surface area contributed by atoms with Gasteiger partial charge < -0.3 is 19.6 Å². The molecule has 0 aliphatic carbocycles. The standard InChI is InChI=1S/C22H30N6O.HI/c1-22(2,3)18-14-25-20(29-18)16-27-21(23-4)26-15-19-24-11-13-28(19)12-10-17-8-6-5-7-9-17;/h5-9,11,13-14H,10,12,15-16H2,1-4H3,(H2,23,26,27);1H. The summed E-state index contributed by atoms with van der Waals surface area (Å²) in [6.07, 6.45) is 6.60. The van der Waals surface area contributed by atoms with Gasteiger partial charge in [-0.1, -0.05) is 51.1 Å². The highest BCUT2D eigenvalue weighted by Crippen LogP contribution is 2.22. The number of guanidine groups is 1. The van der Waals surface area contributed by atoms with E-state index in [1.54, 1.807) is 13.2 Å². The van der Waals surface area contributed by atoms with Crippen LogP contribution >= 0.6 is 24.0 Å². The molecule has 3 aromatic rings. The van der Waals surface area contributed by atoms with Crippen molar-refractivity contribution in [3.63, 3.8) is 0 Å². The van der Waals surface area contributed by atoms with Crippen molar-refractivity contribution < 1.29 is 4.42 Å². The molecule has 162 valence electrons. The van der Waals surface area contributed by atoms with E-state index in [1.165, 1.54) is 5.56 Å². The first-order chi connectivity index (χ1) is 14.0. The molecule has 0 atom stereocenters. The summed E-state index contributed by atoms with van der Waals surface area (Å²) in [5.41, 5.74) is 1.26. The summed E-state index contributed by atoms with van der Waals surface area (Å²) in [7, 11) is 1.74. The maximum Gasteiger partial charge on any atom is 0.213 e. The molecular weight excluding hydrogens is 491 g/mol. The van der Waals surface area contributed by atoms with Gasteiger partial charge in [-0.3, -0.25) is 4.99 Å². The molecule has 0 aliphatic rings. The van der Waals surface area contributed by atoms with Crippen LogP contribution in [-0.2, 0) is 31.5 Å². The topological polar surface area (TPSA) is 80.3 Å². The Hall–Kier alpha value is -2.36. The number of hydrogen-bond donors (Lipinski definition) is 2. The van der Waals surface area contributed by atoms with E-state index in [-0.39, 0.29) is 29.4 Å². The van der Waals surface area contributed by atoms with Crippen LogP contribution in [0.4, 0.5) is 0 Å². The third-order valence-corrected chi connectivity index (χ3v) is 4.62. The van der Waals surface area contributed by atoms with Crippen LogP contribution < -0.4 is 10.6 Å². The van der Waals surface area contributed by atoms with Crippen LogP contribution in [0.15, 0.2) is 58.3 Å². The van der Waals surface area contributed by atoms with Gasteiger partial charge in [-0.2, -0.15) is 0 Å². The quantitative estimate of drug-likeness (QED) is 0.280. The Morgan fingerprint density at radius 1 is 1.10 bits per heavy atom. The zero-order chi connectivity index (χ0) is 20.7. The minimum atomic E-state index is -0.0536. The average molecular weight is 522 g/mol. The predicted octanol–water partition coefficient (Wildman–Crippen LogP) is 3.89. The first-order valence-electron chi connectivity index (χ1n) is 9.89. The highest BCUT2D eigenvalue weighted by molar-refractivity contribution is 14.0. The van der Waals surface area contributed by atoms with Crippen LogP contribution in [0.3, 0.4) is 0 Å². The third kappa shape index (κ3) is 6.86. The van der Waals surface area contributed by atoms with Gasteiger partial charge in [0.15, 0.2) is 5.96 Å². The molecule has 0 fully saturated rings. The summed E-state index contributed by atoms with van der Waals surface area (Å²) in [6, 6.07) is 10.5. The minimum absolute atomic E-state index is 0. The van der Waals surface area contributed by atoms with E-state index in [0.717, 1.165) is 24.6 Å². The first-order valence-corrected chi connectivity index (χ1v) is 9.89. The Labute approximate surface area is 195 Å². The largest absolute Gasteiger partial charge is 0.443 e. The smallest absolute Gasteiger partial charge is 0.213 e. The number of hydrogen-bond acceptors (Lipinski definition) is 4. The Bertz CT molecular complexity index is 927. The molecule has 0 radical (unpaired) electrons. The monoisotopic (exact) mass is 522 g/mol. The first kappa shape index (κ1) is 23.9. The maximum atomic E-state index is 5.81. The zero-order valence-electron chi connectivity index (χ0n) is 18.1. The number of imidazole rings is 1. The molecule has 0 bridgehead atoms. The fraction of sp³-hybridized carbons (Fsp3) is 0.409. The van der Waals surface area contributed by atoms with Crippen molar-refractivity contribution in [2.45, 2.75) is 52.2 Å². The number of nitrogens with one attached hydrogen (secondary N) is 2. The molecule has 0 saturated heterocycles. The van der Waals surface area contributed by atoms with E-state index in [2.05, 4.69) is 75.2 Å². The van der Waals surface area contributed by atoms with E-state index < -0.39 is 0 Å². The molecule has 8 heteroatoms. The average Bonchev–Trinajstić information content (AvgIpc) is 3.36. The molecule has 1 aromatic carbocycles. The second kappa shape index (κ2) is 11.1. The summed E-state index contributed by atoms with van der Waals surface area (Å²) >= 11 is 0. The molecule has 0 spiro atoms. The van der Waals surface area contributed by atoms with Crippen LogP contribution in [0, 0.1) is 0 Å². The SMILES string of the molecule is CN=C(NCc1ncc(C(C)(C)C)o1)NCc1nccn1CCc1ccccc1.I. The number of nitrogens with zero attached hydrogens (tertiary/aromatic N) is 4. The second-order valence-electron chi connectivity index (χ2n) is 7.92. The Balaban J connectivity index is 0.00000320. The van der Waals surface area contributed by atoms with Crippen molar-refractivity contribution >= 4 is 29.9 Å². The summed E-state index contributed by atoms with van der Waals surface area (Å²) in [4.78, 5) is 13.1. The normalized spacial score (nSPS) is 11.8. The van der Waals surface area contributed by atoms with Gasteiger partial charge in [0, 0.05) is 31.4 Å². The molecule has 2 N–H and O–H groups in total. The lowest BCUT2D eigenvalue weighted by molar-refractivity contribution is 0.379. The number of aromatic nitrogens is 3. The van der Waals surface area contributed by atoms with Crippen LogP contribution in [0.5, 0.6) is 0 Å². The van der Waals surface area contributed by atoms with Crippen LogP contribution in [0.25, 0.3) is 0 Å². The number of aliphatic imine (C=N–C) groups is 1. The lowest BCUT2D eigenvalue weighted by Crippen LogP contribution is -2.37. The fourth-order valence-electron chi connectivity index (χ4n) is 2.89. The summed E-state index contributed by atoms with van der Waals surface area (Å²) in [5, 5.41) is 6.54. The summed E-state index contributed by atoms with van der Waals surface area (Å²) < 4.78 is 7.98. The van der Waals surface area contributed by atoms with Crippen molar-refractivity contribution in [3.05, 3.63) is 72.0 Å². The molecule has 2 heterocycles. The van der Waals surface area contributed by atoms with E-state index in [1.807, 2.05) is 18.5 Å². The number of oxazole rings is 1. The van der Waals surface area contributed by atoms with Crippen LogP contribution in [0.2, 0.25) is 0 Å². The molecule has 7 nitrogen and oxygen atoms in total. The van der Waals surface area contributed by atoms with Gasteiger partial charge in [0.05, 0.1) is 19.3 Å². The molecule has 3 rings (SSSR count). The number of benzene rings is 1. The fourth-order valence-corrected chi connectivity index (χ4v) is 2.89. The van der Waals surface area contributed by atoms with Gasteiger partial charge in [-0.15, -0.1) is 24.0 Å². The molecule has 0 unspecified atom stereocenters. The van der Waals surface area contributed by atoms with Gasteiger partial charge >= 0.3 is 0 Å². The van der Waals surface area contributed by atoms with Gasteiger partial charge in [0.2, 0.25) is 5.89 Å². The Morgan fingerprint density at radius 2 is 1.83 bits per heavy atom. The zero-order valence-corrected chi connectivity index (χ0v) is 20.4. The van der Waals surface area contributed by atoms with E-state index >= 15 is 0 Å². The van der Waals surface area contributed by atoms with Crippen molar-refractivity contribution in [2.24, 2.45) is 4.99 Å². The lowest BCUT2D eigenvalue weighted by Gasteiger charge is -2.14. The molecular formula is C22H31IN6O. The van der Waals surface area contributed by atoms with E-state index in [0.29, 0.717) is 24.9 Å². The number of rotatable bonds is 7. The molecule has 30 heavy (non-hydrogen) atoms. The van der Waals surface area contributed by atoms with Crippen molar-refractivity contribution in [1.82, 2.24) is 25.2 Å². The third-order valence-electron chi connectivity index (χ3n) is 4.62. The highest BCUT2D eigenvalue weighted by Gasteiger charge is 2.19. The van der Waals surface area contributed by atoms with Gasteiger partial charge in [0.1, 0.15) is 11.6 Å². The van der Waals surface area contributed by atoms with Gasteiger partial charge in [0.25, 0.3) is 0 Å². The lowest BCUT2D eigenvalue weighted by atomic mass is 9.94. The molecule has 0 saturated carbocycles. The number of halogens is 1. The van der Waals surface area contributed by atoms with E-state index in [4.69, 9.17) is 4.42 Å². The predicted molar refractivity (Wildman–Crippen MR) is 130 cm³/mol. The Morgan fingerprint density at radius 3 is 2.50 bits per heavy atom.